The van der Waals surface area contributed by atoms with Crippen molar-refractivity contribution >= 4 is 23.7 Å². The third kappa shape index (κ3) is 8.43. The smallest absolute Gasteiger partial charge is 0.408 e. The van der Waals surface area contributed by atoms with Crippen molar-refractivity contribution in [3.63, 3.8) is 0 Å². The third-order valence-electron chi connectivity index (χ3n) is 4.23. The van der Waals surface area contributed by atoms with E-state index in [-0.39, 0.29) is 30.4 Å². The van der Waals surface area contributed by atoms with Crippen LogP contribution in [0.25, 0.3) is 11.4 Å². The summed E-state index contributed by atoms with van der Waals surface area (Å²) in [5.41, 5.74) is 0.0148. The van der Waals surface area contributed by atoms with Crippen molar-refractivity contribution in [3.8, 4) is 11.4 Å². The number of nitrogens with one attached hydrogen (secondary N) is 2. The summed E-state index contributed by atoms with van der Waals surface area (Å²) in [4.78, 5) is 35.2. The van der Waals surface area contributed by atoms with E-state index < -0.39 is 29.1 Å². The van der Waals surface area contributed by atoms with Crippen molar-refractivity contribution in [1.29, 1.82) is 0 Å². The molecule has 11 nitrogen and oxygen atoms in total. The highest BCUT2D eigenvalue weighted by Gasteiger charge is 2.24. The Labute approximate surface area is 192 Å². The van der Waals surface area contributed by atoms with Crippen molar-refractivity contribution in [2.24, 2.45) is 5.41 Å². The number of carboxylic acids is 1. The van der Waals surface area contributed by atoms with Crippen LogP contribution in [0.5, 0.6) is 0 Å². The summed E-state index contributed by atoms with van der Waals surface area (Å²) in [6.07, 6.45) is -0.897. The van der Waals surface area contributed by atoms with Gasteiger partial charge in [-0.3, -0.25) is 9.59 Å². The first kappa shape index (κ1) is 25.6. The van der Waals surface area contributed by atoms with E-state index in [2.05, 4.69) is 31.0 Å². The number of benzene rings is 1. The second-order valence-corrected chi connectivity index (χ2v) is 9.49. The molecule has 0 aliphatic carbocycles. The minimum atomic E-state index is -1.03. The van der Waals surface area contributed by atoms with Crippen LogP contribution in [0.4, 0.5) is 10.5 Å². The Kier molecular flexibility index (Phi) is 8.02. The molecule has 0 aliphatic rings. The van der Waals surface area contributed by atoms with E-state index in [1.165, 1.54) is 0 Å². The number of carbonyl (C=O) groups is 3. The highest BCUT2D eigenvalue weighted by atomic mass is 16.6. The fourth-order valence-corrected chi connectivity index (χ4v) is 2.50. The summed E-state index contributed by atoms with van der Waals surface area (Å²) in [6, 6.07) is 6.04. The van der Waals surface area contributed by atoms with Crippen LogP contribution >= 0.6 is 0 Å². The largest absolute Gasteiger partial charge is 0.481 e. The van der Waals surface area contributed by atoms with Crippen molar-refractivity contribution in [2.45, 2.75) is 66.0 Å². The molecule has 2 rings (SSSR count). The highest BCUT2D eigenvalue weighted by Crippen LogP contribution is 2.21. The maximum atomic E-state index is 12.1. The van der Waals surface area contributed by atoms with Crippen LogP contribution in [-0.2, 0) is 14.3 Å². The van der Waals surface area contributed by atoms with E-state index in [0.29, 0.717) is 11.3 Å². The zero-order chi connectivity index (χ0) is 24.8. The number of aliphatic carboxylic acids is 1. The molecule has 11 heteroatoms. The topological polar surface area (TPSA) is 156 Å². The third-order valence-corrected chi connectivity index (χ3v) is 4.23. The predicted molar refractivity (Wildman–Crippen MR) is 120 cm³/mol. The van der Waals surface area contributed by atoms with Gasteiger partial charge in [-0.25, -0.2) is 4.79 Å². The molecule has 1 unspecified atom stereocenters. The Balaban J connectivity index is 2.14. The SMILES string of the molecule is CC(C)(C)OC(=O)NC(CCC(=O)O)c1nnc(-c2ccc(NC(=O)C(C)(C)C)cc2)nn1. The second-order valence-electron chi connectivity index (χ2n) is 9.49. The number of hydrogen-bond donors (Lipinski definition) is 3. The van der Waals surface area contributed by atoms with Gasteiger partial charge in [0.1, 0.15) is 5.60 Å². The van der Waals surface area contributed by atoms with E-state index in [9.17, 15) is 14.4 Å². The van der Waals surface area contributed by atoms with Gasteiger partial charge in [-0.1, -0.05) is 20.8 Å². The second kappa shape index (κ2) is 10.3. The molecule has 2 aromatic rings. The molecule has 178 valence electrons. The van der Waals surface area contributed by atoms with Gasteiger partial charge in [0.05, 0.1) is 6.04 Å². The lowest BCUT2D eigenvalue weighted by Gasteiger charge is -2.22. The van der Waals surface area contributed by atoms with Gasteiger partial charge in [0.25, 0.3) is 0 Å². The first-order valence-corrected chi connectivity index (χ1v) is 10.4. The molecule has 0 radical (unpaired) electrons. The number of nitrogens with zero attached hydrogens (tertiary/aromatic N) is 4. The predicted octanol–water partition coefficient (Wildman–Crippen LogP) is 3.35. The number of hydrogen-bond acceptors (Lipinski definition) is 8. The summed E-state index contributed by atoms with van der Waals surface area (Å²) in [6.45, 7) is 10.6. The molecule has 0 bridgehead atoms. The number of aromatic nitrogens is 4. The summed E-state index contributed by atoms with van der Waals surface area (Å²) < 4.78 is 5.23. The highest BCUT2D eigenvalue weighted by molar-refractivity contribution is 5.94. The average Bonchev–Trinajstić information content (AvgIpc) is 2.69. The molecule has 0 saturated carbocycles. The molecular formula is C22H30N6O5. The average molecular weight is 459 g/mol. The van der Waals surface area contributed by atoms with Crippen molar-refractivity contribution in [1.82, 2.24) is 25.7 Å². The van der Waals surface area contributed by atoms with Gasteiger partial charge in [0.15, 0.2) is 5.82 Å². The molecule has 0 saturated heterocycles. The Morgan fingerprint density at radius 3 is 2.03 bits per heavy atom. The fraction of sp³-hybridized carbons (Fsp3) is 0.500. The van der Waals surface area contributed by atoms with Gasteiger partial charge in [0.2, 0.25) is 11.7 Å². The van der Waals surface area contributed by atoms with Crippen LogP contribution in [0.1, 0.15) is 66.3 Å². The number of carbonyl (C=O) groups excluding carboxylic acids is 2. The maximum Gasteiger partial charge on any atom is 0.408 e. The van der Waals surface area contributed by atoms with Gasteiger partial charge in [-0.2, -0.15) is 0 Å². The van der Waals surface area contributed by atoms with Gasteiger partial charge >= 0.3 is 12.1 Å². The minimum Gasteiger partial charge on any atom is -0.481 e. The molecule has 0 aliphatic heterocycles. The standard InChI is InChI=1S/C22H30N6O5/c1-21(2,3)19(31)23-14-9-7-13(8-10-14)17-25-27-18(28-26-17)15(11-12-16(29)30)24-20(32)33-22(4,5)6/h7-10,15H,11-12H2,1-6H3,(H,23,31)(H,24,32)(H,29,30). The van der Waals surface area contributed by atoms with Gasteiger partial charge in [-0.05, 0) is 51.5 Å². The molecule has 1 aromatic heterocycles. The van der Waals surface area contributed by atoms with Crippen LogP contribution in [0.2, 0.25) is 0 Å². The summed E-state index contributed by atoms with van der Waals surface area (Å²) in [5.74, 6) is -0.826. The van der Waals surface area contributed by atoms with Crippen LogP contribution in [0.15, 0.2) is 24.3 Å². The Bertz CT molecular complexity index is 978. The van der Waals surface area contributed by atoms with E-state index in [1.807, 2.05) is 20.8 Å². The summed E-state index contributed by atoms with van der Waals surface area (Å²) in [7, 11) is 0. The fourth-order valence-electron chi connectivity index (χ4n) is 2.50. The summed E-state index contributed by atoms with van der Waals surface area (Å²) >= 11 is 0. The van der Waals surface area contributed by atoms with Gasteiger partial charge < -0.3 is 20.5 Å². The Morgan fingerprint density at radius 2 is 1.55 bits per heavy atom. The number of rotatable bonds is 7. The quantitative estimate of drug-likeness (QED) is 0.566. The molecule has 0 fully saturated rings. The number of carboxylic acid groups (broad SMARTS) is 1. The molecule has 1 heterocycles. The van der Waals surface area contributed by atoms with E-state index in [1.54, 1.807) is 45.0 Å². The number of ether oxygens (including phenoxy) is 1. The first-order valence-electron chi connectivity index (χ1n) is 10.4. The molecule has 3 N–H and O–H groups in total. The normalized spacial score (nSPS) is 12.5. The monoisotopic (exact) mass is 458 g/mol. The number of anilines is 1. The van der Waals surface area contributed by atoms with Crippen molar-refractivity contribution in [3.05, 3.63) is 30.1 Å². The molecule has 33 heavy (non-hydrogen) atoms. The van der Waals surface area contributed by atoms with Crippen LogP contribution in [0, 0.1) is 5.41 Å². The van der Waals surface area contributed by atoms with E-state index in [0.717, 1.165) is 0 Å². The first-order chi connectivity index (χ1) is 15.2. The Morgan fingerprint density at radius 1 is 0.970 bits per heavy atom. The molecule has 2 amide bonds. The van der Waals surface area contributed by atoms with Gasteiger partial charge in [-0.15, -0.1) is 20.4 Å². The molecule has 0 spiro atoms. The lowest BCUT2D eigenvalue weighted by atomic mass is 9.95. The van der Waals surface area contributed by atoms with E-state index in [4.69, 9.17) is 9.84 Å². The van der Waals surface area contributed by atoms with Crippen molar-refractivity contribution in [2.75, 3.05) is 5.32 Å². The Hall–Kier alpha value is -3.63. The number of amides is 2. The lowest BCUT2D eigenvalue weighted by Crippen LogP contribution is -2.36. The molecular weight excluding hydrogens is 428 g/mol. The van der Waals surface area contributed by atoms with Crippen LogP contribution < -0.4 is 10.6 Å². The van der Waals surface area contributed by atoms with Crippen molar-refractivity contribution < 1.29 is 24.2 Å². The molecule has 1 atom stereocenters. The van der Waals surface area contributed by atoms with E-state index >= 15 is 0 Å². The zero-order valence-electron chi connectivity index (χ0n) is 19.7. The maximum absolute atomic E-state index is 12.1. The number of alkyl carbamates (subject to hydrolysis) is 1. The summed E-state index contributed by atoms with van der Waals surface area (Å²) in [5, 5.41) is 30.6. The molecule has 1 aromatic carbocycles. The van der Waals surface area contributed by atoms with Crippen LogP contribution in [0.3, 0.4) is 0 Å². The lowest BCUT2D eigenvalue weighted by molar-refractivity contribution is -0.137. The van der Waals surface area contributed by atoms with Gasteiger partial charge in [0, 0.05) is 23.1 Å². The van der Waals surface area contributed by atoms with Crippen LogP contribution in [-0.4, -0.2) is 49.1 Å². The zero-order valence-corrected chi connectivity index (χ0v) is 19.7. The minimum absolute atomic E-state index is 0.0411.